The second kappa shape index (κ2) is 6.76. The van der Waals surface area contributed by atoms with E-state index in [4.69, 9.17) is 10.5 Å². The minimum absolute atomic E-state index is 0.355. The first-order valence-corrected chi connectivity index (χ1v) is 6.55. The summed E-state index contributed by atoms with van der Waals surface area (Å²) in [4.78, 5) is 0. The molecule has 3 nitrogen and oxygen atoms in total. The van der Waals surface area contributed by atoms with Gasteiger partial charge in [0.25, 0.3) is 0 Å². The van der Waals surface area contributed by atoms with Crippen molar-refractivity contribution in [1.82, 2.24) is 5.32 Å². The van der Waals surface area contributed by atoms with Crippen LogP contribution in [0.25, 0.3) is 0 Å². The van der Waals surface area contributed by atoms with Gasteiger partial charge in [-0.25, -0.2) is 0 Å². The molecule has 1 rings (SSSR count). The molecule has 0 aliphatic carbocycles. The second-order valence-corrected chi connectivity index (χ2v) is 5.10. The lowest BCUT2D eigenvalue weighted by atomic mass is 9.91. The third-order valence-electron chi connectivity index (χ3n) is 3.55. The monoisotopic (exact) mass is 250 g/mol. The molecule has 2 unspecified atom stereocenters. The summed E-state index contributed by atoms with van der Waals surface area (Å²) in [5, 5.41) is 3.39. The maximum absolute atomic E-state index is 5.72. The van der Waals surface area contributed by atoms with E-state index < -0.39 is 0 Å². The summed E-state index contributed by atoms with van der Waals surface area (Å²) in [6.45, 7) is 7.14. The van der Waals surface area contributed by atoms with Crippen molar-refractivity contribution < 1.29 is 4.74 Å². The van der Waals surface area contributed by atoms with Crippen LogP contribution in [0, 0.1) is 19.8 Å². The fourth-order valence-corrected chi connectivity index (χ4v) is 2.31. The number of methoxy groups -OCH3 is 1. The topological polar surface area (TPSA) is 47.3 Å². The summed E-state index contributed by atoms with van der Waals surface area (Å²) in [5.74, 6) is 1.47. The van der Waals surface area contributed by atoms with E-state index in [-0.39, 0.29) is 0 Å². The minimum Gasteiger partial charge on any atom is -0.496 e. The minimum atomic E-state index is 0.355. The highest BCUT2D eigenvalue weighted by molar-refractivity contribution is 5.42. The largest absolute Gasteiger partial charge is 0.496 e. The quantitative estimate of drug-likeness (QED) is 0.815. The number of nitrogens with one attached hydrogen (secondary N) is 1. The Kier molecular flexibility index (Phi) is 5.63. The summed E-state index contributed by atoms with van der Waals surface area (Å²) < 4.78 is 5.36. The Bertz CT molecular complexity index is 390. The average molecular weight is 250 g/mol. The van der Waals surface area contributed by atoms with Gasteiger partial charge in [-0.1, -0.05) is 13.0 Å². The highest BCUT2D eigenvalue weighted by Gasteiger charge is 2.16. The van der Waals surface area contributed by atoms with E-state index in [1.165, 1.54) is 16.7 Å². The van der Waals surface area contributed by atoms with E-state index in [9.17, 15) is 0 Å². The number of benzene rings is 1. The Balaban J connectivity index is 3.02. The van der Waals surface area contributed by atoms with Crippen LogP contribution in [0.3, 0.4) is 0 Å². The summed E-state index contributed by atoms with van der Waals surface area (Å²) in [6, 6.07) is 4.69. The van der Waals surface area contributed by atoms with Crippen molar-refractivity contribution in [2.75, 3.05) is 20.7 Å². The van der Waals surface area contributed by atoms with Crippen LogP contribution in [0.1, 0.15) is 36.1 Å². The lowest BCUT2D eigenvalue weighted by molar-refractivity contribution is 0.409. The van der Waals surface area contributed by atoms with E-state index in [2.05, 4.69) is 38.2 Å². The van der Waals surface area contributed by atoms with Crippen LogP contribution >= 0.6 is 0 Å². The van der Waals surface area contributed by atoms with Crippen LogP contribution < -0.4 is 15.8 Å². The van der Waals surface area contributed by atoms with E-state index in [1.807, 2.05) is 7.05 Å². The van der Waals surface area contributed by atoms with Crippen LogP contribution in [0.5, 0.6) is 5.75 Å². The van der Waals surface area contributed by atoms with Crippen molar-refractivity contribution in [2.24, 2.45) is 11.7 Å². The van der Waals surface area contributed by atoms with Crippen molar-refractivity contribution in [3.05, 3.63) is 28.8 Å². The highest BCUT2D eigenvalue weighted by atomic mass is 16.5. The van der Waals surface area contributed by atoms with Gasteiger partial charge in [-0.05, 0) is 62.5 Å². The molecule has 0 saturated heterocycles. The zero-order valence-corrected chi connectivity index (χ0v) is 12.2. The fourth-order valence-electron chi connectivity index (χ4n) is 2.31. The molecule has 3 N–H and O–H groups in total. The third-order valence-corrected chi connectivity index (χ3v) is 3.55. The van der Waals surface area contributed by atoms with Crippen LogP contribution in [-0.4, -0.2) is 20.7 Å². The summed E-state index contributed by atoms with van der Waals surface area (Å²) in [6.07, 6.45) is 1.06. The van der Waals surface area contributed by atoms with Gasteiger partial charge in [0.15, 0.2) is 0 Å². The van der Waals surface area contributed by atoms with Gasteiger partial charge in [-0.3, -0.25) is 0 Å². The van der Waals surface area contributed by atoms with E-state index in [1.54, 1.807) is 7.11 Å². The summed E-state index contributed by atoms with van der Waals surface area (Å²) >= 11 is 0. The van der Waals surface area contributed by atoms with Gasteiger partial charge in [0, 0.05) is 6.04 Å². The number of ether oxygens (including phenoxy) is 1. The molecule has 2 atom stereocenters. The number of hydrogen-bond donors (Lipinski definition) is 2. The molecule has 0 heterocycles. The van der Waals surface area contributed by atoms with Gasteiger partial charge < -0.3 is 15.8 Å². The molecule has 0 fully saturated rings. The van der Waals surface area contributed by atoms with Crippen molar-refractivity contribution in [2.45, 2.75) is 33.2 Å². The van der Waals surface area contributed by atoms with E-state index in [0.29, 0.717) is 12.0 Å². The molecular formula is C15H26N2O. The third kappa shape index (κ3) is 3.47. The average Bonchev–Trinajstić information content (AvgIpc) is 2.38. The molecule has 0 aliphatic rings. The predicted octanol–water partition coefficient (Wildman–Crippen LogP) is 2.56. The molecule has 0 spiro atoms. The molecule has 0 saturated carbocycles. The second-order valence-electron chi connectivity index (χ2n) is 5.10. The Hall–Kier alpha value is -1.06. The number of rotatable bonds is 6. The van der Waals surface area contributed by atoms with Crippen molar-refractivity contribution >= 4 is 0 Å². The van der Waals surface area contributed by atoms with Gasteiger partial charge in [-0.15, -0.1) is 0 Å². The Morgan fingerprint density at radius 2 is 1.94 bits per heavy atom. The zero-order chi connectivity index (χ0) is 13.7. The molecule has 102 valence electrons. The van der Waals surface area contributed by atoms with Crippen molar-refractivity contribution in [3.8, 4) is 5.75 Å². The Labute approximate surface area is 111 Å². The Morgan fingerprint density at radius 3 is 2.44 bits per heavy atom. The molecular weight excluding hydrogens is 224 g/mol. The zero-order valence-electron chi connectivity index (χ0n) is 12.2. The van der Waals surface area contributed by atoms with E-state index >= 15 is 0 Å². The highest BCUT2D eigenvalue weighted by Crippen LogP contribution is 2.29. The van der Waals surface area contributed by atoms with Crippen LogP contribution in [-0.2, 0) is 0 Å². The fraction of sp³-hybridized carbons (Fsp3) is 0.600. The van der Waals surface area contributed by atoms with Gasteiger partial charge in [0.05, 0.1) is 7.11 Å². The number of hydrogen-bond acceptors (Lipinski definition) is 3. The standard InChI is InChI=1S/C15H26N2O/c1-10(9-16)6-14(17-4)13-7-12(3)15(18-5)8-11(13)2/h7-8,10,14,17H,6,9,16H2,1-5H3. The summed E-state index contributed by atoms with van der Waals surface area (Å²) in [5.41, 5.74) is 9.51. The van der Waals surface area contributed by atoms with E-state index in [0.717, 1.165) is 18.7 Å². The first kappa shape index (κ1) is 15.0. The molecule has 0 amide bonds. The molecule has 0 bridgehead atoms. The Morgan fingerprint density at radius 1 is 1.28 bits per heavy atom. The summed E-state index contributed by atoms with van der Waals surface area (Å²) in [7, 11) is 3.72. The molecule has 0 aliphatic heterocycles. The molecule has 0 radical (unpaired) electrons. The first-order chi connectivity index (χ1) is 8.53. The lowest BCUT2D eigenvalue weighted by Crippen LogP contribution is -2.23. The molecule has 1 aromatic rings. The van der Waals surface area contributed by atoms with Gasteiger partial charge in [0.1, 0.15) is 5.75 Å². The SMILES string of the molecule is CNC(CC(C)CN)c1cc(C)c(OC)cc1C. The van der Waals surface area contributed by atoms with Gasteiger partial charge in [-0.2, -0.15) is 0 Å². The lowest BCUT2D eigenvalue weighted by Gasteiger charge is -2.23. The normalized spacial score (nSPS) is 14.3. The van der Waals surface area contributed by atoms with Crippen LogP contribution in [0.15, 0.2) is 12.1 Å². The first-order valence-electron chi connectivity index (χ1n) is 6.55. The molecule has 18 heavy (non-hydrogen) atoms. The predicted molar refractivity (Wildman–Crippen MR) is 77.1 cm³/mol. The van der Waals surface area contributed by atoms with Crippen LogP contribution in [0.2, 0.25) is 0 Å². The van der Waals surface area contributed by atoms with Gasteiger partial charge in [0.2, 0.25) is 0 Å². The molecule has 1 aromatic carbocycles. The number of aryl methyl sites for hydroxylation is 2. The smallest absolute Gasteiger partial charge is 0.122 e. The molecule has 0 aromatic heterocycles. The van der Waals surface area contributed by atoms with Crippen molar-refractivity contribution in [1.29, 1.82) is 0 Å². The number of nitrogens with two attached hydrogens (primary N) is 1. The maximum Gasteiger partial charge on any atom is 0.122 e. The molecule has 3 heteroatoms. The maximum atomic E-state index is 5.72. The van der Waals surface area contributed by atoms with Crippen molar-refractivity contribution in [3.63, 3.8) is 0 Å². The van der Waals surface area contributed by atoms with Gasteiger partial charge >= 0.3 is 0 Å². The van der Waals surface area contributed by atoms with Crippen LogP contribution in [0.4, 0.5) is 0 Å².